The zero-order valence-electron chi connectivity index (χ0n) is 35.0. The van der Waals surface area contributed by atoms with E-state index in [4.69, 9.17) is 14.6 Å². The van der Waals surface area contributed by atoms with Crippen LogP contribution in [0.1, 0.15) is 226 Å². The Morgan fingerprint density at radius 1 is 0.472 bits per heavy atom. The Balaban J connectivity index is -0.000000738. The van der Waals surface area contributed by atoms with E-state index in [9.17, 15) is 24.3 Å². The number of carboxylic acid groups (broad SMARTS) is 2. The smallest absolute Gasteiger partial charge is 0.305 e. The molecule has 0 unspecified atom stereocenters. The number of nitrogens with one attached hydrogen (secondary N) is 1. The molecule has 1 amide bonds. The second kappa shape index (κ2) is 49.6. The number of carbonyl (C=O) groups excluding carboxylic acids is 3. The molecule has 0 bridgehead atoms. The molecule has 0 spiro atoms. The van der Waals surface area contributed by atoms with E-state index in [1.165, 1.54) is 116 Å². The van der Waals surface area contributed by atoms with Crippen LogP contribution in [0.5, 0.6) is 0 Å². The van der Waals surface area contributed by atoms with Crippen LogP contribution in [0, 0.1) is 0 Å². The number of esters is 2. The fourth-order valence-corrected chi connectivity index (χ4v) is 5.61. The standard InChI is InChI=1S/C17H33NO4.C16H33NO2.C10H20O2/c1-2-3-4-5-6-7-8-10-13-16(19)22-15-12-9-11-14-18-17(20)21;1-2-3-4-5-6-7-8-10-13-16(18)19-15-12-9-11-14-17;1-2-3-4-5-6-7-8-9-10(11)12/h18H,2-15H2,1H3,(H,20,21);2-15,17H2,1H3;2-9H2,1H3,(H,11,12). The summed E-state index contributed by atoms with van der Waals surface area (Å²) in [4.78, 5) is 43.1. The SMILES string of the molecule is CCCCCCCCCC(=O)O.CCCCCCCCCCC(=O)OCCCCCNC(=O)[O-].CCCCCCCCCCC(=O)OCCCCC[NH3+]. The summed E-state index contributed by atoms with van der Waals surface area (Å²) in [6, 6.07) is 0. The lowest BCUT2D eigenvalue weighted by Gasteiger charge is -2.07. The Morgan fingerprint density at radius 2 is 0.792 bits per heavy atom. The number of rotatable bonds is 37. The fraction of sp³-hybridized carbons (Fsp3) is 0.907. The summed E-state index contributed by atoms with van der Waals surface area (Å²) in [6.45, 7) is 9.06. The van der Waals surface area contributed by atoms with Crippen molar-refractivity contribution in [3.05, 3.63) is 0 Å². The van der Waals surface area contributed by atoms with E-state index in [0.29, 0.717) is 39.0 Å². The van der Waals surface area contributed by atoms with Crippen molar-refractivity contribution in [3.8, 4) is 0 Å². The molecule has 316 valence electrons. The van der Waals surface area contributed by atoms with Gasteiger partial charge in [0.1, 0.15) is 6.09 Å². The van der Waals surface area contributed by atoms with Crippen molar-refractivity contribution in [2.75, 3.05) is 26.3 Å². The largest absolute Gasteiger partial charge is 0.530 e. The highest BCUT2D eigenvalue weighted by Crippen LogP contribution is 2.12. The van der Waals surface area contributed by atoms with Crippen molar-refractivity contribution in [1.29, 1.82) is 0 Å². The Bertz CT molecular complexity index is 781. The molecule has 0 aromatic heterocycles. The number of ether oxygens (including phenoxy) is 2. The van der Waals surface area contributed by atoms with Crippen molar-refractivity contribution in [2.24, 2.45) is 0 Å². The van der Waals surface area contributed by atoms with E-state index in [2.05, 4.69) is 31.8 Å². The minimum atomic E-state index is -1.24. The Hall–Kier alpha value is -2.36. The normalized spacial score (nSPS) is 10.4. The lowest BCUT2D eigenvalue weighted by atomic mass is 10.1. The van der Waals surface area contributed by atoms with Crippen molar-refractivity contribution >= 4 is 24.0 Å². The molecule has 0 radical (unpaired) electrons. The number of hydrogen-bond donors (Lipinski definition) is 3. The molecule has 10 nitrogen and oxygen atoms in total. The zero-order valence-corrected chi connectivity index (χ0v) is 35.0. The van der Waals surface area contributed by atoms with Crippen molar-refractivity contribution < 1.29 is 44.6 Å². The van der Waals surface area contributed by atoms with Gasteiger partial charge in [-0.15, -0.1) is 0 Å². The predicted octanol–water partition coefficient (Wildman–Crippen LogP) is 9.85. The monoisotopic (exact) mass is 759 g/mol. The molecular weight excluding hydrogens is 672 g/mol. The molecular formula is C43H86N2O8. The first kappa shape index (κ1) is 55.0. The molecule has 0 aliphatic rings. The van der Waals surface area contributed by atoms with Crippen LogP contribution < -0.4 is 16.2 Å². The Labute approximate surface area is 325 Å². The van der Waals surface area contributed by atoms with Crippen LogP contribution in [0.15, 0.2) is 0 Å². The Kier molecular flexibility index (Phi) is 51.5. The number of quaternary nitrogens is 1. The average Bonchev–Trinajstić information content (AvgIpc) is 3.13. The quantitative estimate of drug-likeness (QED) is 0.0415. The highest BCUT2D eigenvalue weighted by molar-refractivity contribution is 5.69. The first-order valence-electron chi connectivity index (χ1n) is 22.0. The van der Waals surface area contributed by atoms with Gasteiger partial charge in [0.05, 0.1) is 19.8 Å². The minimum Gasteiger partial charge on any atom is -0.530 e. The van der Waals surface area contributed by atoms with Gasteiger partial charge in [0.15, 0.2) is 0 Å². The van der Waals surface area contributed by atoms with Crippen LogP contribution >= 0.6 is 0 Å². The fourth-order valence-electron chi connectivity index (χ4n) is 5.61. The number of aliphatic carboxylic acids is 1. The average molecular weight is 759 g/mol. The highest BCUT2D eigenvalue weighted by atomic mass is 16.5. The van der Waals surface area contributed by atoms with E-state index in [1.54, 1.807) is 0 Å². The first-order chi connectivity index (χ1) is 25.7. The second-order valence-corrected chi connectivity index (χ2v) is 14.3. The topological polar surface area (TPSA) is 170 Å². The molecule has 0 fully saturated rings. The maximum atomic E-state index is 11.5. The van der Waals surface area contributed by atoms with Gasteiger partial charge >= 0.3 is 17.9 Å². The van der Waals surface area contributed by atoms with Crippen molar-refractivity contribution in [1.82, 2.24) is 5.32 Å². The highest BCUT2D eigenvalue weighted by Gasteiger charge is 2.04. The second-order valence-electron chi connectivity index (χ2n) is 14.3. The summed E-state index contributed by atoms with van der Waals surface area (Å²) in [5.74, 6) is -0.789. The molecule has 0 aliphatic carbocycles. The Morgan fingerprint density at radius 3 is 1.13 bits per heavy atom. The molecule has 0 heterocycles. The van der Waals surface area contributed by atoms with Crippen molar-refractivity contribution in [3.63, 3.8) is 0 Å². The number of carbonyl (C=O) groups is 4. The van der Waals surface area contributed by atoms with Crippen LogP contribution in [0.3, 0.4) is 0 Å². The number of carboxylic acids is 1. The number of hydrogen-bond acceptors (Lipinski definition) is 7. The van der Waals surface area contributed by atoms with E-state index >= 15 is 0 Å². The van der Waals surface area contributed by atoms with E-state index < -0.39 is 12.1 Å². The van der Waals surface area contributed by atoms with Crippen LogP contribution in [0.25, 0.3) is 0 Å². The minimum absolute atomic E-state index is 0.0133. The molecule has 0 aliphatic heterocycles. The third kappa shape index (κ3) is 59.2. The van der Waals surface area contributed by atoms with Crippen LogP contribution in [0.2, 0.25) is 0 Å². The van der Waals surface area contributed by atoms with Crippen LogP contribution in [0.4, 0.5) is 4.79 Å². The molecule has 0 saturated carbocycles. The molecule has 0 aromatic carbocycles. The maximum absolute atomic E-state index is 11.5. The van der Waals surface area contributed by atoms with Gasteiger partial charge in [-0.2, -0.15) is 0 Å². The summed E-state index contributed by atoms with van der Waals surface area (Å²) >= 11 is 0. The lowest BCUT2D eigenvalue weighted by molar-refractivity contribution is -0.368. The zero-order chi connectivity index (χ0) is 39.9. The predicted molar refractivity (Wildman–Crippen MR) is 215 cm³/mol. The van der Waals surface area contributed by atoms with Crippen LogP contribution in [-0.4, -0.2) is 55.4 Å². The third-order valence-corrected chi connectivity index (χ3v) is 8.97. The van der Waals surface area contributed by atoms with Gasteiger partial charge in [-0.25, -0.2) is 0 Å². The molecule has 5 N–H and O–H groups in total. The summed E-state index contributed by atoms with van der Waals surface area (Å²) in [5.41, 5.74) is 3.79. The van der Waals surface area contributed by atoms with E-state index in [0.717, 1.165) is 77.2 Å². The lowest BCUT2D eigenvalue weighted by Crippen LogP contribution is -2.50. The maximum Gasteiger partial charge on any atom is 0.305 e. The van der Waals surface area contributed by atoms with E-state index in [-0.39, 0.29) is 11.9 Å². The molecule has 0 rings (SSSR count). The molecule has 0 aromatic rings. The summed E-state index contributed by atoms with van der Waals surface area (Å²) in [6.07, 6.45) is 34.0. The first-order valence-corrected chi connectivity index (χ1v) is 22.0. The van der Waals surface area contributed by atoms with E-state index in [1.807, 2.05) is 0 Å². The van der Waals surface area contributed by atoms with Gasteiger partial charge in [0.25, 0.3) is 0 Å². The van der Waals surface area contributed by atoms with Gasteiger partial charge < -0.3 is 35.5 Å². The summed E-state index contributed by atoms with van der Waals surface area (Å²) in [5, 5.41) is 20.7. The van der Waals surface area contributed by atoms with Gasteiger partial charge in [-0.05, 0) is 57.8 Å². The molecule has 0 saturated heterocycles. The third-order valence-electron chi connectivity index (χ3n) is 8.97. The molecule has 53 heavy (non-hydrogen) atoms. The van der Waals surface area contributed by atoms with Gasteiger partial charge in [0.2, 0.25) is 0 Å². The van der Waals surface area contributed by atoms with Gasteiger partial charge in [0, 0.05) is 25.8 Å². The molecule has 0 atom stereocenters. The summed E-state index contributed by atoms with van der Waals surface area (Å²) < 4.78 is 10.3. The van der Waals surface area contributed by atoms with Crippen molar-refractivity contribution in [2.45, 2.75) is 226 Å². The van der Waals surface area contributed by atoms with Crippen LogP contribution in [-0.2, 0) is 23.9 Å². The summed E-state index contributed by atoms with van der Waals surface area (Å²) in [7, 11) is 0. The number of unbranched alkanes of at least 4 members (excludes halogenated alkanes) is 24. The number of amides is 1. The van der Waals surface area contributed by atoms with Gasteiger partial charge in [-0.1, -0.05) is 149 Å². The molecule has 10 heteroatoms. The van der Waals surface area contributed by atoms with Gasteiger partial charge in [-0.3, -0.25) is 14.4 Å².